The Bertz CT molecular complexity index is 263. The molecule has 1 aromatic heterocycles. The minimum atomic E-state index is -1.53. The van der Waals surface area contributed by atoms with Crippen LogP contribution in [-0.2, 0) is 0 Å². The van der Waals surface area contributed by atoms with Gasteiger partial charge in [-0.3, -0.25) is 9.14 Å². The van der Waals surface area contributed by atoms with Crippen molar-refractivity contribution in [2.24, 2.45) is 0 Å². The molecule has 1 rings (SSSR count). The molecule has 0 radical (unpaired) electrons. The van der Waals surface area contributed by atoms with Gasteiger partial charge in [0, 0.05) is 0 Å². The summed E-state index contributed by atoms with van der Waals surface area (Å²) in [5.74, 6) is 0. The molecule has 0 saturated carbocycles. The van der Waals surface area contributed by atoms with Crippen LogP contribution in [-0.4, -0.2) is 29.2 Å². The Morgan fingerprint density at radius 2 is 2.18 bits per heavy atom. The fourth-order valence-corrected chi connectivity index (χ4v) is 2.05. The number of carbonyl (C=O) groups excluding carboxylic acids is 1. The van der Waals surface area contributed by atoms with E-state index >= 15 is 0 Å². The van der Waals surface area contributed by atoms with Crippen molar-refractivity contribution in [2.75, 3.05) is 0 Å². The maximum absolute atomic E-state index is 10.5. The van der Waals surface area contributed by atoms with Crippen LogP contribution >= 0.6 is 0 Å². The van der Waals surface area contributed by atoms with Crippen LogP contribution in [0.3, 0.4) is 0 Å². The molecule has 0 amide bonds. The lowest BCUT2D eigenvalue weighted by Gasteiger charge is -2.16. The molecule has 5 heteroatoms. The summed E-state index contributed by atoms with van der Waals surface area (Å²) in [6.45, 7) is 6.32. The average Bonchev–Trinajstić information content (AvgIpc) is 2.31. The molecule has 0 aliphatic carbocycles. The first-order valence-electron chi connectivity index (χ1n) is 3.42. The van der Waals surface area contributed by atoms with E-state index in [9.17, 15) is 4.79 Å². The maximum Gasteiger partial charge on any atom is 0.179 e. The van der Waals surface area contributed by atoms with Crippen LogP contribution in [0.4, 0.5) is 0 Å². The highest BCUT2D eigenvalue weighted by Crippen LogP contribution is 2.05. The number of hydrogen-bond acceptors (Lipinski definition) is 3. The molecule has 0 aliphatic rings. The molecule has 0 spiro atoms. The monoisotopic (exact) mass is 169 g/mol. The van der Waals surface area contributed by atoms with Gasteiger partial charge < -0.3 is 0 Å². The van der Waals surface area contributed by atoms with E-state index in [0.717, 1.165) is 6.29 Å². The molecule has 0 aliphatic heterocycles. The van der Waals surface area contributed by atoms with Crippen LogP contribution in [0.2, 0.25) is 19.6 Å². The summed E-state index contributed by atoms with van der Waals surface area (Å²) < 4.78 is 1.74. The third-order valence-electron chi connectivity index (χ3n) is 1.33. The van der Waals surface area contributed by atoms with Gasteiger partial charge in [-0.05, 0) is 19.6 Å². The minimum absolute atomic E-state index is 0.573. The first-order chi connectivity index (χ1) is 5.05. The second kappa shape index (κ2) is 2.58. The molecule has 0 saturated heterocycles. The van der Waals surface area contributed by atoms with Crippen molar-refractivity contribution in [3.63, 3.8) is 0 Å². The van der Waals surface area contributed by atoms with Gasteiger partial charge in [0.15, 0.2) is 14.5 Å². The largest absolute Gasteiger partial charge is 0.296 e. The zero-order valence-corrected chi connectivity index (χ0v) is 7.90. The third kappa shape index (κ3) is 1.54. The SMILES string of the molecule is C[Si](C)(C)n1nncc1C=O. The van der Waals surface area contributed by atoms with Gasteiger partial charge in [-0.15, -0.1) is 5.10 Å². The Labute approximate surface area is 66.3 Å². The average molecular weight is 169 g/mol. The van der Waals surface area contributed by atoms with Gasteiger partial charge in [0.05, 0.1) is 6.20 Å². The van der Waals surface area contributed by atoms with Gasteiger partial charge in [0.25, 0.3) is 0 Å². The zero-order valence-electron chi connectivity index (χ0n) is 6.90. The smallest absolute Gasteiger partial charge is 0.179 e. The standard InChI is InChI=1S/C6H11N3OSi/c1-11(2,3)9-6(5-10)4-7-8-9/h4-5H,1-3H3. The number of aromatic nitrogens is 3. The van der Waals surface area contributed by atoms with Crippen molar-refractivity contribution in [1.29, 1.82) is 0 Å². The topological polar surface area (TPSA) is 47.8 Å². The Hall–Kier alpha value is -0.973. The van der Waals surface area contributed by atoms with Crippen LogP contribution in [0.1, 0.15) is 10.5 Å². The molecule has 0 unspecified atom stereocenters. The van der Waals surface area contributed by atoms with Crippen LogP contribution < -0.4 is 0 Å². The molecule has 0 atom stereocenters. The predicted molar refractivity (Wildman–Crippen MR) is 44.2 cm³/mol. The van der Waals surface area contributed by atoms with E-state index in [4.69, 9.17) is 0 Å². The van der Waals surface area contributed by atoms with Crippen molar-refractivity contribution >= 4 is 14.5 Å². The molecular weight excluding hydrogens is 158 g/mol. The van der Waals surface area contributed by atoms with Crippen LogP contribution in [0, 0.1) is 0 Å². The maximum atomic E-state index is 10.5. The summed E-state index contributed by atoms with van der Waals surface area (Å²) in [6, 6.07) is 0. The van der Waals surface area contributed by atoms with E-state index in [1.165, 1.54) is 6.20 Å². The summed E-state index contributed by atoms with van der Waals surface area (Å²) in [5.41, 5.74) is 0.573. The van der Waals surface area contributed by atoms with Gasteiger partial charge >= 0.3 is 0 Å². The van der Waals surface area contributed by atoms with E-state index in [1.807, 2.05) is 0 Å². The lowest BCUT2D eigenvalue weighted by molar-refractivity contribution is 0.111. The highest BCUT2D eigenvalue weighted by molar-refractivity contribution is 6.74. The first kappa shape index (κ1) is 8.13. The summed E-state index contributed by atoms with van der Waals surface area (Å²) >= 11 is 0. The highest BCUT2D eigenvalue weighted by Gasteiger charge is 2.20. The van der Waals surface area contributed by atoms with Crippen LogP contribution in [0.15, 0.2) is 6.20 Å². The Kier molecular flexibility index (Phi) is 1.90. The molecule has 0 fully saturated rings. The molecule has 4 nitrogen and oxygen atoms in total. The van der Waals surface area contributed by atoms with Gasteiger partial charge in [-0.1, -0.05) is 5.21 Å². The predicted octanol–water partition coefficient (Wildman–Crippen LogP) is 0.774. The fourth-order valence-electron chi connectivity index (χ4n) is 0.845. The van der Waals surface area contributed by atoms with Crippen molar-refractivity contribution in [3.05, 3.63) is 11.9 Å². The molecule has 0 N–H and O–H groups in total. The lowest BCUT2D eigenvalue weighted by Crippen LogP contribution is -2.34. The summed E-state index contributed by atoms with van der Waals surface area (Å²) in [5, 5.41) is 7.53. The third-order valence-corrected chi connectivity index (χ3v) is 2.95. The Morgan fingerprint density at radius 3 is 2.55 bits per heavy atom. The van der Waals surface area contributed by atoms with E-state index < -0.39 is 8.24 Å². The lowest BCUT2D eigenvalue weighted by atomic mass is 10.6. The fraction of sp³-hybridized carbons (Fsp3) is 0.500. The summed E-state index contributed by atoms with van der Waals surface area (Å²) in [6.07, 6.45) is 2.28. The van der Waals surface area contributed by atoms with E-state index in [-0.39, 0.29) is 0 Å². The Balaban J connectivity index is 3.12. The van der Waals surface area contributed by atoms with Gasteiger partial charge in [-0.25, -0.2) is 0 Å². The number of carbonyl (C=O) groups is 1. The number of hydrogen-bond donors (Lipinski definition) is 0. The molecule has 1 aromatic rings. The number of nitrogens with zero attached hydrogens (tertiary/aromatic N) is 3. The van der Waals surface area contributed by atoms with E-state index in [1.54, 1.807) is 4.35 Å². The summed E-state index contributed by atoms with van der Waals surface area (Å²) in [4.78, 5) is 10.5. The quantitative estimate of drug-likeness (QED) is 0.485. The van der Waals surface area contributed by atoms with Crippen molar-refractivity contribution in [2.45, 2.75) is 19.6 Å². The van der Waals surface area contributed by atoms with Crippen LogP contribution in [0.5, 0.6) is 0 Å². The molecule has 11 heavy (non-hydrogen) atoms. The zero-order chi connectivity index (χ0) is 8.48. The van der Waals surface area contributed by atoms with Gasteiger partial charge in [0.2, 0.25) is 0 Å². The van der Waals surface area contributed by atoms with Crippen LogP contribution in [0.25, 0.3) is 0 Å². The van der Waals surface area contributed by atoms with Gasteiger partial charge in [-0.2, -0.15) is 0 Å². The number of rotatable bonds is 2. The van der Waals surface area contributed by atoms with Crippen molar-refractivity contribution < 1.29 is 4.79 Å². The van der Waals surface area contributed by atoms with Crippen molar-refractivity contribution in [3.8, 4) is 0 Å². The highest BCUT2D eigenvalue weighted by atomic mass is 28.3. The molecule has 0 bridgehead atoms. The van der Waals surface area contributed by atoms with E-state index in [2.05, 4.69) is 30.0 Å². The molecule has 1 heterocycles. The first-order valence-corrected chi connectivity index (χ1v) is 6.87. The Morgan fingerprint density at radius 1 is 1.55 bits per heavy atom. The second-order valence-electron chi connectivity index (χ2n) is 3.36. The second-order valence-corrected chi connectivity index (χ2v) is 8.12. The van der Waals surface area contributed by atoms with Crippen molar-refractivity contribution in [1.82, 2.24) is 14.7 Å². The minimum Gasteiger partial charge on any atom is -0.296 e. The molecule has 0 aromatic carbocycles. The summed E-state index contributed by atoms with van der Waals surface area (Å²) in [7, 11) is -1.53. The molecular formula is C6H11N3OSi. The number of aldehydes is 1. The van der Waals surface area contributed by atoms with E-state index in [0.29, 0.717) is 5.69 Å². The van der Waals surface area contributed by atoms with Gasteiger partial charge in [0.1, 0.15) is 5.69 Å². The molecule has 60 valence electrons. The normalized spacial score (nSPS) is 11.5.